The van der Waals surface area contributed by atoms with Gasteiger partial charge in [0, 0.05) is 13.5 Å². The smallest absolute Gasteiger partial charge is 0.300 e. The van der Waals surface area contributed by atoms with Crippen molar-refractivity contribution in [1.29, 1.82) is 0 Å². The summed E-state index contributed by atoms with van der Waals surface area (Å²) in [6.45, 7) is 1.69. The SMILES string of the molecule is CCCCCc1nc2c(ncn2C(CO)C(O)OC)c(=O)n1N. The van der Waals surface area contributed by atoms with E-state index in [1.807, 2.05) is 0 Å². The van der Waals surface area contributed by atoms with Crippen LogP contribution in [0.25, 0.3) is 11.2 Å². The third-order valence-electron chi connectivity index (χ3n) is 3.82. The Morgan fingerprint density at radius 2 is 2.17 bits per heavy atom. The lowest BCUT2D eigenvalue weighted by Gasteiger charge is -2.21. The maximum atomic E-state index is 12.3. The fourth-order valence-electron chi connectivity index (χ4n) is 2.45. The lowest BCUT2D eigenvalue weighted by atomic mass is 10.2. The highest BCUT2D eigenvalue weighted by molar-refractivity contribution is 5.69. The van der Waals surface area contributed by atoms with E-state index < -0.39 is 17.9 Å². The minimum absolute atomic E-state index is 0.0912. The van der Waals surface area contributed by atoms with Crippen molar-refractivity contribution in [1.82, 2.24) is 19.2 Å². The lowest BCUT2D eigenvalue weighted by molar-refractivity contribution is -0.116. The molecule has 0 aromatic carbocycles. The van der Waals surface area contributed by atoms with E-state index in [0.29, 0.717) is 12.2 Å². The fourth-order valence-corrected chi connectivity index (χ4v) is 2.45. The molecule has 2 rings (SSSR count). The zero-order valence-corrected chi connectivity index (χ0v) is 13.3. The predicted octanol–water partition coefficient (Wildman–Crippen LogP) is -0.462. The van der Waals surface area contributed by atoms with Crippen molar-refractivity contribution >= 4 is 11.2 Å². The van der Waals surface area contributed by atoms with E-state index in [0.717, 1.165) is 23.9 Å². The summed E-state index contributed by atoms with van der Waals surface area (Å²) in [4.78, 5) is 20.7. The van der Waals surface area contributed by atoms with Gasteiger partial charge in [-0.3, -0.25) is 4.79 Å². The second-order valence-corrected chi connectivity index (χ2v) is 5.36. The van der Waals surface area contributed by atoms with Crippen LogP contribution in [0.15, 0.2) is 11.1 Å². The van der Waals surface area contributed by atoms with Crippen molar-refractivity contribution in [2.24, 2.45) is 0 Å². The van der Waals surface area contributed by atoms with Crippen LogP contribution in [0, 0.1) is 0 Å². The maximum Gasteiger partial charge on any atom is 0.300 e. The van der Waals surface area contributed by atoms with Crippen LogP contribution in [0.1, 0.15) is 38.1 Å². The Kier molecular flexibility index (Phi) is 5.69. The van der Waals surface area contributed by atoms with E-state index in [9.17, 15) is 15.0 Å². The number of hydrogen-bond acceptors (Lipinski definition) is 7. The van der Waals surface area contributed by atoms with Crippen molar-refractivity contribution < 1.29 is 14.9 Å². The topological polar surface area (TPSA) is 128 Å². The zero-order valence-electron chi connectivity index (χ0n) is 13.3. The van der Waals surface area contributed by atoms with Crippen molar-refractivity contribution in [2.75, 3.05) is 19.6 Å². The van der Waals surface area contributed by atoms with Crippen LogP contribution in [0.3, 0.4) is 0 Å². The summed E-state index contributed by atoms with van der Waals surface area (Å²) >= 11 is 0. The van der Waals surface area contributed by atoms with E-state index in [-0.39, 0.29) is 17.8 Å². The molecule has 2 atom stereocenters. The standard InChI is InChI=1S/C14H23N5O4/c1-3-4-5-6-10-17-12-11(13(21)19(10)15)16-8-18(12)9(7-20)14(22)23-2/h8-9,14,20,22H,3-7,15H2,1-2H3. The van der Waals surface area contributed by atoms with Gasteiger partial charge in [-0.1, -0.05) is 19.8 Å². The van der Waals surface area contributed by atoms with Crippen LogP contribution in [-0.4, -0.2) is 49.4 Å². The maximum absolute atomic E-state index is 12.3. The number of aliphatic hydroxyl groups excluding tert-OH is 2. The van der Waals surface area contributed by atoms with Crippen LogP contribution in [0.4, 0.5) is 0 Å². The van der Waals surface area contributed by atoms with Gasteiger partial charge in [0.05, 0.1) is 12.9 Å². The number of aromatic nitrogens is 4. The number of ether oxygens (including phenoxy) is 1. The number of rotatable bonds is 8. The lowest BCUT2D eigenvalue weighted by Crippen LogP contribution is -2.33. The quantitative estimate of drug-likeness (QED) is 0.340. The van der Waals surface area contributed by atoms with Gasteiger partial charge in [0.15, 0.2) is 17.5 Å². The van der Waals surface area contributed by atoms with Crippen LogP contribution in [0.5, 0.6) is 0 Å². The highest BCUT2D eigenvalue weighted by Crippen LogP contribution is 2.18. The van der Waals surface area contributed by atoms with Crippen LogP contribution in [0.2, 0.25) is 0 Å². The minimum atomic E-state index is -1.25. The number of nitrogens with two attached hydrogens (primary N) is 1. The number of imidazole rings is 1. The van der Waals surface area contributed by atoms with Gasteiger partial charge in [-0.2, -0.15) is 0 Å². The first kappa shape index (κ1) is 17.4. The molecular formula is C14H23N5O4. The molecule has 23 heavy (non-hydrogen) atoms. The number of nitrogen functional groups attached to an aromatic ring is 1. The molecular weight excluding hydrogens is 302 g/mol. The van der Waals surface area contributed by atoms with E-state index >= 15 is 0 Å². The largest absolute Gasteiger partial charge is 0.394 e. The second kappa shape index (κ2) is 7.53. The number of fused-ring (bicyclic) bond motifs is 1. The number of unbranched alkanes of at least 4 members (excludes halogenated alkanes) is 2. The number of hydrogen-bond donors (Lipinski definition) is 3. The van der Waals surface area contributed by atoms with Crippen LogP contribution < -0.4 is 11.4 Å². The van der Waals surface area contributed by atoms with E-state index in [1.165, 1.54) is 18.0 Å². The number of nitrogens with zero attached hydrogens (tertiary/aromatic N) is 4. The summed E-state index contributed by atoms with van der Waals surface area (Å²) in [6, 6.07) is -0.811. The van der Waals surface area contributed by atoms with Crippen molar-refractivity contribution in [3.05, 3.63) is 22.5 Å². The Morgan fingerprint density at radius 3 is 2.78 bits per heavy atom. The van der Waals surface area contributed by atoms with E-state index in [1.54, 1.807) is 0 Å². The molecule has 0 bridgehead atoms. The molecule has 9 heteroatoms. The first-order chi connectivity index (χ1) is 11.0. The Bertz CT molecular complexity index is 711. The molecule has 0 saturated carbocycles. The fraction of sp³-hybridized carbons (Fsp3) is 0.643. The Balaban J connectivity index is 2.50. The van der Waals surface area contributed by atoms with Gasteiger partial charge in [-0.15, -0.1) is 0 Å². The molecule has 2 heterocycles. The second-order valence-electron chi connectivity index (χ2n) is 5.36. The van der Waals surface area contributed by atoms with E-state index in [4.69, 9.17) is 10.6 Å². The summed E-state index contributed by atoms with van der Waals surface area (Å²) in [5, 5.41) is 19.3. The molecule has 2 aromatic heterocycles. The van der Waals surface area contributed by atoms with Crippen molar-refractivity contribution in [3.63, 3.8) is 0 Å². The third-order valence-corrected chi connectivity index (χ3v) is 3.82. The summed E-state index contributed by atoms with van der Waals surface area (Å²) in [6.07, 6.45) is 3.58. The first-order valence-electron chi connectivity index (χ1n) is 7.60. The average Bonchev–Trinajstić information content (AvgIpc) is 2.96. The molecule has 2 unspecified atom stereocenters. The Morgan fingerprint density at radius 1 is 1.43 bits per heavy atom. The van der Waals surface area contributed by atoms with Gasteiger partial charge >= 0.3 is 0 Å². The normalized spacial score (nSPS) is 14.3. The summed E-state index contributed by atoms with van der Waals surface area (Å²) in [5.41, 5.74) is -0.0873. The summed E-state index contributed by atoms with van der Waals surface area (Å²) in [7, 11) is 1.32. The molecule has 0 radical (unpaired) electrons. The molecule has 128 valence electrons. The molecule has 0 aliphatic carbocycles. The van der Waals surface area contributed by atoms with E-state index in [2.05, 4.69) is 16.9 Å². The molecule has 4 N–H and O–H groups in total. The van der Waals surface area contributed by atoms with Gasteiger partial charge in [-0.25, -0.2) is 14.6 Å². The number of methoxy groups -OCH3 is 1. The van der Waals surface area contributed by atoms with Crippen molar-refractivity contribution in [3.8, 4) is 0 Å². The Hall–Kier alpha value is -1.97. The first-order valence-corrected chi connectivity index (χ1v) is 7.60. The predicted molar refractivity (Wildman–Crippen MR) is 84.3 cm³/mol. The molecule has 0 aliphatic rings. The van der Waals surface area contributed by atoms with Gasteiger partial charge in [0.25, 0.3) is 5.56 Å². The molecule has 9 nitrogen and oxygen atoms in total. The number of aryl methyl sites for hydroxylation is 1. The third kappa shape index (κ3) is 3.36. The molecule has 2 aromatic rings. The monoisotopic (exact) mass is 325 g/mol. The van der Waals surface area contributed by atoms with Crippen molar-refractivity contribution in [2.45, 2.75) is 44.9 Å². The summed E-state index contributed by atoms with van der Waals surface area (Å²) in [5.74, 6) is 6.25. The van der Waals surface area contributed by atoms with Crippen LogP contribution in [-0.2, 0) is 11.2 Å². The minimum Gasteiger partial charge on any atom is -0.394 e. The molecule has 0 saturated heterocycles. The van der Waals surface area contributed by atoms with Gasteiger partial charge in [0.1, 0.15) is 11.9 Å². The molecule has 0 fully saturated rings. The summed E-state index contributed by atoms with van der Waals surface area (Å²) < 4.78 is 7.30. The highest BCUT2D eigenvalue weighted by Gasteiger charge is 2.24. The zero-order chi connectivity index (χ0) is 17.0. The van der Waals surface area contributed by atoms with Gasteiger partial charge in [-0.05, 0) is 6.42 Å². The molecule has 0 amide bonds. The van der Waals surface area contributed by atoms with Crippen LogP contribution >= 0.6 is 0 Å². The van der Waals surface area contributed by atoms with Gasteiger partial charge < -0.3 is 25.4 Å². The molecule has 0 aliphatic heterocycles. The highest BCUT2D eigenvalue weighted by atomic mass is 16.6. The van der Waals surface area contributed by atoms with Gasteiger partial charge in [0.2, 0.25) is 0 Å². The molecule has 0 spiro atoms. The number of aliphatic hydroxyl groups is 2. The average molecular weight is 325 g/mol. The Labute approximate surface area is 133 Å².